The van der Waals surface area contributed by atoms with Gasteiger partial charge in [0.05, 0.1) is 6.54 Å². The first kappa shape index (κ1) is 23.3. The minimum Gasteiger partial charge on any atom is -0.478 e. The second kappa shape index (κ2) is 11.3. The number of amides is 1. The molecule has 2 aliphatic rings. The van der Waals surface area contributed by atoms with E-state index in [4.69, 9.17) is 14.9 Å². The number of hydrogen-bond acceptors (Lipinski definition) is 7. The number of piperazine rings is 1. The SMILES string of the molecule is CN1CCN(CCC2CN(C)C(=O)c3cccnc3O2)CC1.O=C(O)C=CC(=O)O. The van der Waals surface area contributed by atoms with Gasteiger partial charge in [0.25, 0.3) is 5.91 Å². The molecule has 164 valence electrons. The molecule has 1 unspecified atom stereocenters. The molecule has 3 rings (SSSR count). The van der Waals surface area contributed by atoms with Gasteiger partial charge in [0.15, 0.2) is 0 Å². The van der Waals surface area contributed by atoms with Crippen molar-refractivity contribution < 1.29 is 29.3 Å². The maximum absolute atomic E-state index is 12.3. The van der Waals surface area contributed by atoms with Crippen molar-refractivity contribution in [2.45, 2.75) is 12.5 Å². The summed E-state index contributed by atoms with van der Waals surface area (Å²) in [6.07, 6.45) is 3.71. The molecule has 1 atom stereocenters. The van der Waals surface area contributed by atoms with Crippen molar-refractivity contribution in [1.82, 2.24) is 19.7 Å². The van der Waals surface area contributed by atoms with Gasteiger partial charge in [0, 0.05) is 58.1 Å². The maximum Gasteiger partial charge on any atom is 0.328 e. The van der Waals surface area contributed by atoms with Gasteiger partial charge in [-0.2, -0.15) is 0 Å². The fraction of sp³-hybridized carbons (Fsp3) is 0.500. The van der Waals surface area contributed by atoms with E-state index < -0.39 is 11.9 Å². The first-order valence-corrected chi connectivity index (χ1v) is 9.68. The summed E-state index contributed by atoms with van der Waals surface area (Å²) in [5.74, 6) is -2.05. The van der Waals surface area contributed by atoms with Gasteiger partial charge in [-0.05, 0) is 25.6 Å². The smallest absolute Gasteiger partial charge is 0.328 e. The van der Waals surface area contributed by atoms with E-state index >= 15 is 0 Å². The number of nitrogens with zero attached hydrogens (tertiary/aromatic N) is 4. The summed E-state index contributed by atoms with van der Waals surface area (Å²) in [5.41, 5.74) is 0.562. The third kappa shape index (κ3) is 7.45. The quantitative estimate of drug-likeness (QED) is 0.646. The number of rotatable bonds is 5. The molecule has 0 radical (unpaired) electrons. The Morgan fingerprint density at radius 3 is 2.40 bits per heavy atom. The Morgan fingerprint density at radius 1 is 1.17 bits per heavy atom. The Bertz CT molecular complexity index is 760. The van der Waals surface area contributed by atoms with Crippen molar-refractivity contribution in [2.75, 3.05) is 53.4 Å². The van der Waals surface area contributed by atoms with Gasteiger partial charge in [-0.25, -0.2) is 14.6 Å². The maximum atomic E-state index is 12.3. The number of likely N-dealkylation sites (N-methyl/N-ethyl adjacent to an activating group) is 2. The lowest BCUT2D eigenvalue weighted by Crippen LogP contribution is -2.46. The number of pyridine rings is 1. The van der Waals surface area contributed by atoms with Crippen molar-refractivity contribution in [3.8, 4) is 5.88 Å². The fourth-order valence-corrected chi connectivity index (χ4v) is 3.13. The van der Waals surface area contributed by atoms with Crippen molar-refractivity contribution >= 4 is 17.8 Å². The predicted molar refractivity (Wildman–Crippen MR) is 109 cm³/mol. The minimum atomic E-state index is -1.26. The lowest BCUT2D eigenvalue weighted by atomic mass is 10.2. The highest BCUT2D eigenvalue weighted by molar-refractivity contribution is 5.96. The van der Waals surface area contributed by atoms with E-state index in [0.717, 1.165) is 39.1 Å². The third-order valence-electron chi connectivity index (χ3n) is 4.84. The zero-order chi connectivity index (χ0) is 22.1. The van der Waals surface area contributed by atoms with Crippen LogP contribution in [-0.4, -0.2) is 107 Å². The van der Waals surface area contributed by atoms with E-state index in [2.05, 4.69) is 21.8 Å². The van der Waals surface area contributed by atoms with Crippen molar-refractivity contribution in [2.24, 2.45) is 0 Å². The number of carboxylic acid groups (broad SMARTS) is 2. The molecule has 0 spiro atoms. The lowest BCUT2D eigenvalue weighted by Gasteiger charge is -2.33. The van der Waals surface area contributed by atoms with Crippen LogP contribution in [0.25, 0.3) is 0 Å². The van der Waals surface area contributed by atoms with Crippen LogP contribution in [0.4, 0.5) is 0 Å². The normalized spacial score (nSPS) is 20.0. The monoisotopic (exact) mass is 420 g/mol. The van der Waals surface area contributed by atoms with Gasteiger partial charge >= 0.3 is 11.9 Å². The highest BCUT2D eigenvalue weighted by Gasteiger charge is 2.27. The Kier molecular flexibility index (Phi) is 8.75. The van der Waals surface area contributed by atoms with Crippen LogP contribution >= 0.6 is 0 Å². The second-order valence-electron chi connectivity index (χ2n) is 7.23. The highest BCUT2D eigenvalue weighted by Crippen LogP contribution is 2.22. The summed E-state index contributed by atoms with van der Waals surface area (Å²) in [7, 11) is 3.99. The summed E-state index contributed by atoms with van der Waals surface area (Å²) < 4.78 is 6.00. The molecule has 0 aliphatic carbocycles. The standard InChI is InChI=1S/C16H24N4O2.C4H4O4/c1-18-8-10-20(11-9-18)7-5-13-12-19(2)16(21)14-4-3-6-17-15(14)22-13;5-3(6)1-2-4(7)8/h3-4,6,13H,5,7-12H2,1-2H3;1-2H,(H,5,6)(H,7,8). The molecule has 2 N–H and O–H groups in total. The summed E-state index contributed by atoms with van der Waals surface area (Å²) in [6, 6.07) is 3.56. The van der Waals surface area contributed by atoms with Crippen LogP contribution < -0.4 is 4.74 Å². The number of carboxylic acids is 2. The van der Waals surface area contributed by atoms with Crippen LogP contribution in [0.1, 0.15) is 16.8 Å². The number of ether oxygens (including phenoxy) is 1. The van der Waals surface area contributed by atoms with Crippen LogP contribution in [0.3, 0.4) is 0 Å². The molecule has 1 aromatic rings. The zero-order valence-electron chi connectivity index (χ0n) is 17.2. The van der Waals surface area contributed by atoms with Crippen molar-refractivity contribution in [1.29, 1.82) is 0 Å². The molecule has 0 aromatic carbocycles. The number of fused-ring (bicyclic) bond motifs is 1. The molecule has 1 amide bonds. The molecule has 3 heterocycles. The summed E-state index contributed by atoms with van der Waals surface area (Å²) in [4.78, 5) is 42.2. The Balaban J connectivity index is 0.000000343. The third-order valence-corrected chi connectivity index (χ3v) is 4.84. The van der Waals surface area contributed by atoms with E-state index in [0.29, 0.717) is 30.1 Å². The molecule has 1 aromatic heterocycles. The predicted octanol–water partition coefficient (Wildman–Crippen LogP) is 0.264. The first-order chi connectivity index (χ1) is 14.3. The number of hydrogen-bond donors (Lipinski definition) is 2. The highest BCUT2D eigenvalue weighted by atomic mass is 16.5. The van der Waals surface area contributed by atoms with Crippen LogP contribution in [0.15, 0.2) is 30.5 Å². The first-order valence-electron chi connectivity index (χ1n) is 9.68. The average Bonchev–Trinajstić information content (AvgIpc) is 2.83. The van der Waals surface area contributed by atoms with Gasteiger partial charge in [-0.1, -0.05) is 0 Å². The molecular formula is C20H28N4O6. The van der Waals surface area contributed by atoms with Crippen molar-refractivity contribution in [3.05, 3.63) is 36.0 Å². The van der Waals surface area contributed by atoms with E-state index in [9.17, 15) is 14.4 Å². The molecule has 2 aliphatic heterocycles. The van der Waals surface area contributed by atoms with Gasteiger partial charge < -0.3 is 29.6 Å². The molecule has 1 fully saturated rings. The number of carbonyl (C=O) groups excluding carboxylic acids is 1. The molecule has 0 bridgehead atoms. The minimum absolute atomic E-state index is 0.00440. The summed E-state index contributed by atoms with van der Waals surface area (Å²) in [6.45, 7) is 6.06. The van der Waals surface area contributed by atoms with E-state index in [1.165, 1.54) is 0 Å². The van der Waals surface area contributed by atoms with E-state index in [-0.39, 0.29) is 12.0 Å². The van der Waals surface area contributed by atoms with Gasteiger partial charge in [0.1, 0.15) is 11.7 Å². The van der Waals surface area contributed by atoms with Gasteiger partial charge in [0.2, 0.25) is 5.88 Å². The molecule has 10 heteroatoms. The molecule has 10 nitrogen and oxygen atoms in total. The van der Waals surface area contributed by atoms with E-state index in [1.807, 2.05) is 7.05 Å². The average molecular weight is 420 g/mol. The Hall–Kier alpha value is -2.98. The molecule has 1 saturated heterocycles. The van der Waals surface area contributed by atoms with Crippen molar-refractivity contribution in [3.63, 3.8) is 0 Å². The molecule has 0 saturated carbocycles. The fourth-order valence-electron chi connectivity index (χ4n) is 3.13. The van der Waals surface area contributed by atoms with Gasteiger partial charge in [-0.3, -0.25) is 4.79 Å². The Labute approximate surface area is 175 Å². The largest absolute Gasteiger partial charge is 0.478 e. The van der Waals surface area contributed by atoms with Gasteiger partial charge in [-0.15, -0.1) is 0 Å². The van der Waals surface area contributed by atoms with Crippen LogP contribution in [0.5, 0.6) is 5.88 Å². The van der Waals surface area contributed by atoms with Crippen LogP contribution in [0.2, 0.25) is 0 Å². The summed E-state index contributed by atoms with van der Waals surface area (Å²) >= 11 is 0. The van der Waals surface area contributed by atoms with Crippen LogP contribution in [-0.2, 0) is 9.59 Å². The number of carbonyl (C=O) groups is 3. The second-order valence-corrected chi connectivity index (χ2v) is 7.23. The Morgan fingerprint density at radius 2 is 1.80 bits per heavy atom. The number of aromatic nitrogens is 1. The lowest BCUT2D eigenvalue weighted by molar-refractivity contribution is -0.134. The van der Waals surface area contributed by atoms with Crippen LogP contribution in [0, 0.1) is 0 Å². The zero-order valence-corrected chi connectivity index (χ0v) is 17.2. The topological polar surface area (TPSA) is 124 Å². The number of aliphatic carboxylic acids is 2. The van der Waals surface area contributed by atoms with E-state index in [1.54, 1.807) is 23.2 Å². The molecule has 30 heavy (non-hydrogen) atoms. The summed E-state index contributed by atoms with van der Waals surface area (Å²) in [5, 5.41) is 15.6. The molecular weight excluding hydrogens is 392 g/mol.